The van der Waals surface area contributed by atoms with Gasteiger partial charge in [-0.15, -0.1) is 22.7 Å². The first-order valence-electron chi connectivity index (χ1n) is 8.73. The van der Waals surface area contributed by atoms with Crippen LogP contribution < -0.4 is 0 Å². The number of hydrogen-bond acceptors (Lipinski definition) is 2. The second kappa shape index (κ2) is 8.55. The van der Waals surface area contributed by atoms with Crippen molar-refractivity contribution in [3.63, 3.8) is 0 Å². The third kappa shape index (κ3) is 4.32. The molecule has 0 aliphatic rings. The molecule has 0 saturated carbocycles. The number of rotatable bonds is 7. The van der Waals surface area contributed by atoms with Gasteiger partial charge in [0.25, 0.3) is 0 Å². The first-order valence-corrected chi connectivity index (χ1v) is 11.9. The van der Waals surface area contributed by atoms with Crippen molar-refractivity contribution in [2.24, 2.45) is 0 Å². The van der Waals surface area contributed by atoms with Gasteiger partial charge in [-0.1, -0.05) is 26.2 Å². The number of aromatic nitrogens is 1. The molecular weight excluding hydrogens is 478 g/mol. The number of unbranched alkanes of at least 4 members (excludes halogenated alkanes) is 3. The maximum absolute atomic E-state index is 3.68. The van der Waals surface area contributed by atoms with Gasteiger partial charge in [-0.3, -0.25) is 0 Å². The lowest BCUT2D eigenvalue weighted by molar-refractivity contribution is 0.591. The summed E-state index contributed by atoms with van der Waals surface area (Å²) in [6.45, 7) is 7.68. The Morgan fingerprint density at radius 3 is 1.76 bits per heavy atom. The van der Waals surface area contributed by atoms with E-state index in [0.29, 0.717) is 0 Å². The summed E-state index contributed by atoms with van der Waals surface area (Å²) in [5.74, 6) is 0. The Balaban J connectivity index is 1.99. The predicted molar refractivity (Wildman–Crippen MR) is 120 cm³/mol. The fourth-order valence-electron chi connectivity index (χ4n) is 3.01. The molecule has 25 heavy (non-hydrogen) atoms. The van der Waals surface area contributed by atoms with E-state index in [4.69, 9.17) is 0 Å². The van der Waals surface area contributed by atoms with Gasteiger partial charge in [0, 0.05) is 6.54 Å². The average molecular weight is 501 g/mol. The number of hydrogen-bond donors (Lipinski definition) is 0. The fourth-order valence-corrected chi connectivity index (χ4v) is 6.15. The zero-order chi connectivity index (χ0) is 18.0. The normalized spacial score (nSPS) is 11.4. The Hall–Kier alpha value is -0.360. The van der Waals surface area contributed by atoms with Gasteiger partial charge in [0.05, 0.1) is 28.7 Å². The molecule has 0 saturated heterocycles. The van der Waals surface area contributed by atoms with Crippen LogP contribution in [0.2, 0.25) is 0 Å². The topological polar surface area (TPSA) is 4.93 Å². The molecule has 5 heteroatoms. The van der Waals surface area contributed by atoms with E-state index in [1.165, 1.54) is 65.5 Å². The van der Waals surface area contributed by atoms with Crippen molar-refractivity contribution in [3.8, 4) is 21.1 Å². The van der Waals surface area contributed by atoms with Gasteiger partial charge in [-0.25, -0.2) is 0 Å². The Bertz CT molecular complexity index is 755. The first kappa shape index (κ1) is 19.4. The lowest BCUT2D eigenvalue weighted by Crippen LogP contribution is -2.01. The summed E-state index contributed by atoms with van der Waals surface area (Å²) in [5.41, 5.74) is 5.31. The highest BCUT2D eigenvalue weighted by molar-refractivity contribution is 9.11. The summed E-state index contributed by atoms with van der Waals surface area (Å²) in [4.78, 5) is 2.69. The van der Waals surface area contributed by atoms with Crippen LogP contribution in [0.1, 0.15) is 43.7 Å². The maximum atomic E-state index is 3.68. The summed E-state index contributed by atoms with van der Waals surface area (Å²) >= 11 is 11.0. The molecule has 0 amide bonds. The highest BCUT2D eigenvalue weighted by Crippen LogP contribution is 2.40. The van der Waals surface area contributed by atoms with Crippen LogP contribution in [-0.2, 0) is 6.54 Å². The average Bonchev–Trinajstić information content (AvgIpc) is 3.23. The Morgan fingerprint density at radius 2 is 1.36 bits per heavy atom. The molecule has 0 aromatic carbocycles. The molecule has 0 fully saturated rings. The van der Waals surface area contributed by atoms with E-state index in [9.17, 15) is 0 Å². The molecular formula is C20H23Br2NS2. The highest BCUT2D eigenvalue weighted by atomic mass is 79.9. The molecule has 0 spiro atoms. The SMILES string of the molecule is CCCCCCn1c(-c2cc(C)c(Br)s2)ccc1-c1cc(C)c(Br)s1. The molecule has 0 radical (unpaired) electrons. The van der Waals surface area contributed by atoms with E-state index >= 15 is 0 Å². The van der Waals surface area contributed by atoms with Crippen molar-refractivity contribution >= 4 is 54.5 Å². The quantitative estimate of drug-likeness (QED) is 0.286. The molecule has 0 N–H and O–H groups in total. The zero-order valence-corrected chi connectivity index (χ0v) is 19.7. The van der Waals surface area contributed by atoms with Gasteiger partial charge in [-0.2, -0.15) is 0 Å². The van der Waals surface area contributed by atoms with Crippen molar-refractivity contribution in [2.45, 2.75) is 53.0 Å². The van der Waals surface area contributed by atoms with Crippen molar-refractivity contribution in [3.05, 3.63) is 43.0 Å². The summed E-state index contributed by atoms with van der Waals surface area (Å²) < 4.78 is 4.99. The largest absolute Gasteiger partial charge is 0.339 e. The zero-order valence-electron chi connectivity index (χ0n) is 14.9. The molecule has 0 atom stereocenters. The monoisotopic (exact) mass is 499 g/mol. The standard InChI is InChI=1S/C20H23Br2NS2/c1-4-5-6-7-10-23-15(17-11-13(2)19(21)24-17)8-9-16(23)18-12-14(3)20(22)25-18/h8-9,11-12H,4-7,10H2,1-3H3. The van der Waals surface area contributed by atoms with Crippen LogP contribution in [0.3, 0.4) is 0 Å². The lowest BCUT2D eigenvalue weighted by atomic mass is 10.2. The van der Waals surface area contributed by atoms with Crippen LogP contribution in [0.25, 0.3) is 21.1 Å². The van der Waals surface area contributed by atoms with Gasteiger partial charge in [0.15, 0.2) is 0 Å². The second-order valence-corrected chi connectivity index (χ2v) is 11.2. The number of nitrogens with zero attached hydrogens (tertiary/aromatic N) is 1. The summed E-state index contributed by atoms with van der Waals surface area (Å²) in [7, 11) is 0. The molecule has 3 heterocycles. The fraction of sp³-hybridized carbons (Fsp3) is 0.400. The van der Waals surface area contributed by atoms with Crippen LogP contribution >= 0.6 is 54.5 Å². The second-order valence-electron chi connectivity index (χ2n) is 6.45. The summed E-state index contributed by atoms with van der Waals surface area (Å²) in [6, 6.07) is 9.17. The third-order valence-electron chi connectivity index (χ3n) is 4.44. The van der Waals surface area contributed by atoms with Crippen molar-refractivity contribution in [2.75, 3.05) is 0 Å². The van der Waals surface area contributed by atoms with Gasteiger partial charge < -0.3 is 4.57 Å². The van der Waals surface area contributed by atoms with E-state index in [0.717, 1.165) is 6.54 Å². The van der Waals surface area contributed by atoms with Crippen LogP contribution in [-0.4, -0.2) is 4.57 Å². The number of aryl methyl sites for hydroxylation is 2. The molecule has 0 aliphatic heterocycles. The maximum Gasteiger partial charge on any atom is 0.0734 e. The van der Waals surface area contributed by atoms with Gasteiger partial charge in [0.2, 0.25) is 0 Å². The Labute approximate surface area is 175 Å². The molecule has 0 bridgehead atoms. The molecule has 1 nitrogen and oxygen atoms in total. The molecule has 0 aliphatic carbocycles. The Kier molecular flexibility index (Phi) is 6.64. The molecule has 3 aromatic heterocycles. The van der Waals surface area contributed by atoms with Crippen molar-refractivity contribution < 1.29 is 0 Å². The van der Waals surface area contributed by atoms with Crippen LogP contribution in [0.15, 0.2) is 31.8 Å². The molecule has 0 unspecified atom stereocenters. The molecule has 134 valence electrons. The Morgan fingerprint density at radius 1 is 0.840 bits per heavy atom. The molecule has 3 rings (SSSR count). The number of thiophene rings is 2. The van der Waals surface area contributed by atoms with Crippen molar-refractivity contribution in [1.29, 1.82) is 0 Å². The van der Waals surface area contributed by atoms with E-state index in [-0.39, 0.29) is 0 Å². The predicted octanol–water partition coefficient (Wildman–Crippen LogP) is 8.67. The summed E-state index contributed by atoms with van der Waals surface area (Å²) in [6.07, 6.45) is 5.13. The van der Waals surface area contributed by atoms with Crippen molar-refractivity contribution in [1.82, 2.24) is 4.57 Å². The van der Waals surface area contributed by atoms with Gasteiger partial charge in [-0.05, 0) is 87.5 Å². The highest BCUT2D eigenvalue weighted by Gasteiger charge is 2.16. The lowest BCUT2D eigenvalue weighted by Gasteiger charge is -2.12. The number of halogens is 2. The minimum Gasteiger partial charge on any atom is -0.339 e. The van der Waals surface area contributed by atoms with E-state index < -0.39 is 0 Å². The smallest absolute Gasteiger partial charge is 0.0734 e. The third-order valence-corrected chi connectivity index (χ3v) is 8.75. The van der Waals surface area contributed by atoms with E-state index in [2.05, 4.69) is 81.5 Å². The minimum atomic E-state index is 1.08. The first-order chi connectivity index (χ1) is 12.0. The van der Waals surface area contributed by atoms with Crippen LogP contribution in [0.4, 0.5) is 0 Å². The minimum absolute atomic E-state index is 1.08. The van der Waals surface area contributed by atoms with Gasteiger partial charge >= 0.3 is 0 Å². The molecule has 3 aromatic rings. The van der Waals surface area contributed by atoms with E-state index in [1.54, 1.807) is 0 Å². The van der Waals surface area contributed by atoms with Crippen LogP contribution in [0, 0.1) is 13.8 Å². The van der Waals surface area contributed by atoms with E-state index in [1.807, 2.05) is 22.7 Å². The van der Waals surface area contributed by atoms with Crippen LogP contribution in [0.5, 0.6) is 0 Å². The van der Waals surface area contributed by atoms with Gasteiger partial charge in [0.1, 0.15) is 0 Å². The summed E-state index contributed by atoms with van der Waals surface area (Å²) in [5, 5.41) is 0.